The number of rotatable bonds is 7. The number of furan rings is 1. The lowest BCUT2D eigenvalue weighted by Crippen LogP contribution is -2.52. The van der Waals surface area contributed by atoms with Gasteiger partial charge in [-0.1, -0.05) is 29.8 Å². The average Bonchev–Trinajstić information content (AvgIpc) is 3.17. The van der Waals surface area contributed by atoms with E-state index in [-0.39, 0.29) is 5.91 Å². The van der Waals surface area contributed by atoms with Crippen molar-refractivity contribution in [3.05, 3.63) is 59.0 Å². The first-order valence-electron chi connectivity index (χ1n) is 10.6. The summed E-state index contributed by atoms with van der Waals surface area (Å²) in [6.45, 7) is 10.3. The van der Waals surface area contributed by atoms with Crippen molar-refractivity contribution in [2.75, 3.05) is 46.3 Å². The molecule has 0 radical (unpaired) electrons. The molecule has 2 N–H and O–H groups in total. The summed E-state index contributed by atoms with van der Waals surface area (Å²) >= 11 is 0. The third-order valence-electron chi connectivity index (χ3n) is 5.36. The summed E-state index contributed by atoms with van der Waals surface area (Å²) < 4.78 is 5.21. The van der Waals surface area contributed by atoms with Crippen molar-refractivity contribution in [2.24, 2.45) is 4.99 Å². The summed E-state index contributed by atoms with van der Waals surface area (Å²) in [7, 11) is 1.82. The molecule has 0 saturated carbocycles. The summed E-state index contributed by atoms with van der Waals surface area (Å²) in [5.41, 5.74) is 3.54. The van der Waals surface area contributed by atoms with E-state index in [2.05, 4.69) is 56.6 Å². The number of nitrogens with one attached hydrogen (secondary N) is 2. The first-order valence-corrected chi connectivity index (χ1v) is 10.6. The number of benzene rings is 1. The van der Waals surface area contributed by atoms with Crippen LogP contribution in [0, 0.1) is 13.8 Å². The highest BCUT2D eigenvalue weighted by Gasteiger charge is 2.19. The zero-order valence-electron chi connectivity index (χ0n) is 18.3. The van der Waals surface area contributed by atoms with Gasteiger partial charge in [0.05, 0.1) is 6.26 Å². The number of aliphatic imine (C=N–C) groups is 1. The molecule has 0 spiro atoms. The number of nitrogens with zero attached hydrogens (tertiary/aromatic N) is 3. The fourth-order valence-electron chi connectivity index (χ4n) is 3.69. The molecule has 0 atom stereocenters. The van der Waals surface area contributed by atoms with Gasteiger partial charge in [0, 0.05) is 58.4 Å². The zero-order valence-corrected chi connectivity index (χ0v) is 18.3. The molecule has 2 aromatic rings. The summed E-state index contributed by atoms with van der Waals surface area (Å²) in [5, 5.41) is 6.31. The molecule has 1 aromatic carbocycles. The Kier molecular flexibility index (Phi) is 7.90. The molecule has 7 heteroatoms. The molecule has 1 aliphatic rings. The minimum Gasteiger partial charge on any atom is -0.459 e. The van der Waals surface area contributed by atoms with Crippen molar-refractivity contribution < 1.29 is 9.21 Å². The minimum atomic E-state index is -0.161. The molecular formula is C23H33N5O2. The van der Waals surface area contributed by atoms with Gasteiger partial charge in [0.1, 0.15) is 0 Å². The Morgan fingerprint density at radius 2 is 1.87 bits per heavy atom. The van der Waals surface area contributed by atoms with E-state index < -0.39 is 0 Å². The molecule has 1 amide bonds. The number of piperazine rings is 1. The monoisotopic (exact) mass is 411 g/mol. The van der Waals surface area contributed by atoms with Crippen LogP contribution in [0.1, 0.15) is 33.7 Å². The quantitative estimate of drug-likeness (QED) is 0.416. The lowest BCUT2D eigenvalue weighted by molar-refractivity contribution is 0.0925. The van der Waals surface area contributed by atoms with Crippen LogP contribution in [-0.2, 0) is 6.54 Å². The van der Waals surface area contributed by atoms with Gasteiger partial charge in [-0.25, -0.2) is 0 Å². The highest BCUT2D eigenvalue weighted by atomic mass is 16.3. The van der Waals surface area contributed by atoms with Crippen LogP contribution < -0.4 is 10.6 Å². The van der Waals surface area contributed by atoms with Gasteiger partial charge in [0.25, 0.3) is 5.91 Å². The van der Waals surface area contributed by atoms with Crippen LogP contribution in [0.5, 0.6) is 0 Å². The molecule has 0 bridgehead atoms. The summed E-state index contributed by atoms with van der Waals surface area (Å²) in [6, 6.07) is 10.5. The molecule has 0 unspecified atom stereocenters. The van der Waals surface area contributed by atoms with Gasteiger partial charge in [0.15, 0.2) is 11.7 Å². The van der Waals surface area contributed by atoms with Gasteiger partial charge in [-0.15, -0.1) is 0 Å². The Hall–Kier alpha value is -2.80. The average molecular weight is 412 g/mol. The highest BCUT2D eigenvalue weighted by Crippen LogP contribution is 2.11. The Bertz CT molecular complexity index is 853. The number of carbonyl (C=O) groups is 1. The Morgan fingerprint density at radius 3 is 2.53 bits per heavy atom. The van der Waals surface area contributed by atoms with Crippen molar-refractivity contribution in [3.8, 4) is 0 Å². The van der Waals surface area contributed by atoms with E-state index in [1.165, 1.54) is 17.4 Å². The molecule has 2 heterocycles. The number of aryl methyl sites for hydroxylation is 2. The number of hydrogen-bond donors (Lipinski definition) is 2. The molecule has 7 nitrogen and oxygen atoms in total. The summed E-state index contributed by atoms with van der Waals surface area (Å²) in [6.07, 6.45) is 2.36. The zero-order chi connectivity index (χ0) is 21.3. The van der Waals surface area contributed by atoms with E-state index in [1.54, 1.807) is 6.07 Å². The first kappa shape index (κ1) is 21.9. The molecule has 1 aliphatic heterocycles. The van der Waals surface area contributed by atoms with Crippen LogP contribution in [-0.4, -0.2) is 68.0 Å². The van der Waals surface area contributed by atoms with E-state index in [1.807, 2.05) is 14.0 Å². The second-order valence-electron chi connectivity index (χ2n) is 7.77. The van der Waals surface area contributed by atoms with Crippen molar-refractivity contribution >= 4 is 11.9 Å². The van der Waals surface area contributed by atoms with Gasteiger partial charge >= 0.3 is 0 Å². The van der Waals surface area contributed by atoms with Crippen LogP contribution >= 0.6 is 0 Å². The predicted octanol–water partition coefficient (Wildman–Crippen LogP) is 2.41. The second-order valence-corrected chi connectivity index (χ2v) is 7.77. The van der Waals surface area contributed by atoms with Gasteiger partial charge < -0.3 is 20.0 Å². The third kappa shape index (κ3) is 6.10. The number of amides is 1. The largest absolute Gasteiger partial charge is 0.459 e. The molecular weight excluding hydrogens is 378 g/mol. The van der Waals surface area contributed by atoms with E-state index in [0.29, 0.717) is 12.3 Å². The van der Waals surface area contributed by atoms with E-state index in [0.717, 1.165) is 57.2 Å². The molecule has 1 aromatic heterocycles. The maximum Gasteiger partial charge on any atom is 0.287 e. The van der Waals surface area contributed by atoms with Crippen LogP contribution in [0.4, 0.5) is 0 Å². The van der Waals surface area contributed by atoms with E-state index in [4.69, 9.17) is 4.42 Å². The van der Waals surface area contributed by atoms with Crippen molar-refractivity contribution in [2.45, 2.75) is 26.8 Å². The smallest absolute Gasteiger partial charge is 0.287 e. The summed E-state index contributed by atoms with van der Waals surface area (Å²) in [4.78, 5) is 21.3. The van der Waals surface area contributed by atoms with Gasteiger partial charge in [-0.05, 0) is 31.9 Å². The van der Waals surface area contributed by atoms with Gasteiger partial charge in [-0.3, -0.25) is 14.7 Å². The standard InChI is InChI=1S/C23H33N5O2/c1-18-6-4-7-20(16-18)17-27-11-13-28(14-12-27)23(24-3)26-10-5-9-25-22(29)21-19(2)8-15-30-21/h4,6-8,15-16H,5,9-14,17H2,1-3H3,(H,24,26)(H,25,29). The maximum atomic E-state index is 12.0. The highest BCUT2D eigenvalue weighted by molar-refractivity contribution is 5.92. The molecule has 30 heavy (non-hydrogen) atoms. The third-order valence-corrected chi connectivity index (χ3v) is 5.36. The van der Waals surface area contributed by atoms with E-state index >= 15 is 0 Å². The fourth-order valence-corrected chi connectivity index (χ4v) is 3.69. The summed E-state index contributed by atoms with van der Waals surface area (Å²) in [5.74, 6) is 1.16. The topological polar surface area (TPSA) is 73.1 Å². The minimum absolute atomic E-state index is 0.161. The van der Waals surface area contributed by atoms with Crippen molar-refractivity contribution in [1.82, 2.24) is 20.4 Å². The van der Waals surface area contributed by atoms with Crippen LogP contribution in [0.3, 0.4) is 0 Å². The maximum absolute atomic E-state index is 12.0. The van der Waals surface area contributed by atoms with E-state index in [9.17, 15) is 4.79 Å². The Morgan fingerprint density at radius 1 is 1.10 bits per heavy atom. The number of guanidine groups is 1. The van der Waals surface area contributed by atoms with Gasteiger partial charge in [-0.2, -0.15) is 0 Å². The Balaban J connectivity index is 1.34. The molecule has 1 fully saturated rings. The lowest BCUT2D eigenvalue weighted by atomic mass is 10.1. The molecule has 0 aliphatic carbocycles. The number of carbonyl (C=O) groups excluding carboxylic acids is 1. The predicted molar refractivity (Wildman–Crippen MR) is 120 cm³/mol. The first-order chi connectivity index (χ1) is 14.6. The fraction of sp³-hybridized carbons (Fsp3) is 0.478. The van der Waals surface area contributed by atoms with Crippen LogP contribution in [0.25, 0.3) is 0 Å². The number of hydrogen-bond acceptors (Lipinski definition) is 4. The molecule has 3 rings (SSSR count). The normalized spacial score (nSPS) is 15.3. The lowest BCUT2D eigenvalue weighted by Gasteiger charge is -2.36. The van der Waals surface area contributed by atoms with Crippen LogP contribution in [0.15, 0.2) is 46.0 Å². The van der Waals surface area contributed by atoms with Gasteiger partial charge in [0.2, 0.25) is 0 Å². The van der Waals surface area contributed by atoms with Crippen molar-refractivity contribution in [3.63, 3.8) is 0 Å². The van der Waals surface area contributed by atoms with Crippen LogP contribution in [0.2, 0.25) is 0 Å². The molecule has 162 valence electrons. The van der Waals surface area contributed by atoms with Crippen molar-refractivity contribution in [1.29, 1.82) is 0 Å². The second kappa shape index (κ2) is 10.8. The Labute approximate surface area is 179 Å². The SMILES string of the molecule is CN=C(NCCCNC(=O)c1occc1C)N1CCN(Cc2cccc(C)c2)CC1. The molecule has 1 saturated heterocycles.